The number of benzene rings is 1. The van der Waals surface area contributed by atoms with Gasteiger partial charge in [-0.2, -0.15) is 0 Å². The Morgan fingerprint density at radius 2 is 2.12 bits per heavy atom. The molecule has 0 saturated heterocycles. The van der Waals surface area contributed by atoms with Crippen molar-refractivity contribution in [3.63, 3.8) is 0 Å². The number of nitrogens with zero attached hydrogens (tertiary/aromatic N) is 1. The van der Waals surface area contributed by atoms with Crippen LogP contribution in [-0.2, 0) is 0 Å². The molecule has 0 aromatic heterocycles. The molecule has 0 unspecified atom stereocenters. The fraction of sp³-hybridized carbons (Fsp3) is 0.500. The van der Waals surface area contributed by atoms with Gasteiger partial charge in [0, 0.05) is 17.7 Å². The minimum atomic E-state index is -0.443. The summed E-state index contributed by atoms with van der Waals surface area (Å²) in [6, 6.07) is 4.52. The number of hydrogen-bond donors (Lipinski definition) is 1. The van der Waals surface area contributed by atoms with E-state index in [1.165, 1.54) is 25.0 Å². The molecule has 0 aliphatic heterocycles. The predicted molar refractivity (Wildman–Crippen MR) is 68.5 cm³/mol. The van der Waals surface area contributed by atoms with Crippen LogP contribution in [-0.4, -0.2) is 10.5 Å². The van der Waals surface area contributed by atoms with Gasteiger partial charge in [0.25, 0.3) is 5.69 Å². The molecule has 5 heteroatoms. The molecule has 92 valence electrons. The highest BCUT2D eigenvalue weighted by molar-refractivity contribution is 6.33. The molecule has 0 atom stereocenters. The van der Waals surface area contributed by atoms with Crippen LogP contribution in [0, 0.1) is 16.0 Å². The first-order valence-corrected chi connectivity index (χ1v) is 6.00. The first kappa shape index (κ1) is 12.2. The molecular formula is C12H15ClN2O2. The van der Waals surface area contributed by atoms with Crippen molar-refractivity contribution in [1.29, 1.82) is 0 Å². The van der Waals surface area contributed by atoms with Crippen LogP contribution in [0.25, 0.3) is 0 Å². The van der Waals surface area contributed by atoms with E-state index in [-0.39, 0.29) is 11.2 Å². The normalized spacial score (nSPS) is 15.7. The molecule has 2 rings (SSSR count). The van der Waals surface area contributed by atoms with Crippen LogP contribution in [0.4, 0.5) is 11.4 Å². The van der Waals surface area contributed by atoms with Crippen molar-refractivity contribution in [3.8, 4) is 0 Å². The molecule has 1 saturated carbocycles. The van der Waals surface area contributed by atoms with E-state index in [0.717, 1.165) is 5.69 Å². The van der Waals surface area contributed by atoms with Crippen molar-refractivity contribution in [1.82, 2.24) is 0 Å². The molecule has 1 aliphatic carbocycles. The van der Waals surface area contributed by atoms with E-state index in [0.29, 0.717) is 10.9 Å². The maximum absolute atomic E-state index is 10.6. The average molecular weight is 255 g/mol. The molecule has 0 amide bonds. The monoisotopic (exact) mass is 254 g/mol. The Bertz CT molecular complexity index is 456. The van der Waals surface area contributed by atoms with E-state index in [4.69, 9.17) is 11.6 Å². The first-order chi connectivity index (χ1) is 7.90. The molecule has 0 bridgehead atoms. The number of hydrogen-bond acceptors (Lipinski definition) is 3. The first-order valence-electron chi connectivity index (χ1n) is 5.62. The smallest absolute Gasteiger partial charge is 0.271 e. The van der Waals surface area contributed by atoms with Crippen LogP contribution in [0.3, 0.4) is 0 Å². The van der Waals surface area contributed by atoms with E-state index in [1.807, 2.05) is 0 Å². The summed E-state index contributed by atoms with van der Waals surface area (Å²) < 4.78 is 0. The number of non-ortho nitro benzene ring substituents is 1. The van der Waals surface area contributed by atoms with Crippen molar-refractivity contribution in [2.24, 2.45) is 5.92 Å². The van der Waals surface area contributed by atoms with Gasteiger partial charge >= 0.3 is 0 Å². The largest absolute Gasteiger partial charge is 0.379 e. The van der Waals surface area contributed by atoms with Crippen LogP contribution >= 0.6 is 11.6 Å². The van der Waals surface area contributed by atoms with E-state index < -0.39 is 4.92 Å². The Morgan fingerprint density at radius 1 is 1.47 bits per heavy atom. The summed E-state index contributed by atoms with van der Waals surface area (Å²) in [5.41, 5.74) is 0.763. The SMILES string of the molecule is CC(C)(Nc1ccc([N+](=O)[O-])cc1Cl)C1CC1. The van der Waals surface area contributed by atoms with Crippen molar-refractivity contribution >= 4 is 23.0 Å². The van der Waals surface area contributed by atoms with Crippen LogP contribution in [0.5, 0.6) is 0 Å². The Labute approximate surface area is 105 Å². The Morgan fingerprint density at radius 3 is 2.59 bits per heavy atom. The lowest BCUT2D eigenvalue weighted by Crippen LogP contribution is -2.33. The lowest BCUT2D eigenvalue weighted by atomic mass is 9.98. The van der Waals surface area contributed by atoms with Crippen molar-refractivity contribution in [2.75, 3.05) is 5.32 Å². The number of nitrogens with one attached hydrogen (secondary N) is 1. The highest BCUT2D eigenvalue weighted by Gasteiger charge is 2.37. The minimum Gasteiger partial charge on any atom is -0.379 e. The van der Waals surface area contributed by atoms with Gasteiger partial charge in [0.2, 0.25) is 0 Å². The average Bonchev–Trinajstić information content (AvgIpc) is 3.04. The van der Waals surface area contributed by atoms with Gasteiger partial charge in [-0.15, -0.1) is 0 Å². The molecule has 0 spiro atoms. The zero-order chi connectivity index (χ0) is 12.6. The van der Waals surface area contributed by atoms with Gasteiger partial charge in [-0.1, -0.05) is 11.6 Å². The number of nitro benzene ring substituents is 1. The lowest BCUT2D eigenvalue weighted by molar-refractivity contribution is -0.384. The number of rotatable bonds is 4. The van der Waals surface area contributed by atoms with Crippen molar-refractivity contribution in [3.05, 3.63) is 33.3 Å². The Hall–Kier alpha value is -1.29. The third-order valence-corrected chi connectivity index (χ3v) is 3.53. The second-order valence-electron chi connectivity index (χ2n) is 5.04. The zero-order valence-corrected chi connectivity index (χ0v) is 10.6. The van der Waals surface area contributed by atoms with E-state index >= 15 is 0 Å². The Kier molecular flexibility index (Phi) is 3.00. The van der Waals surface area contributed by atoms with Crippen molar-refractivity contribution in [2.45, 2.75) is 32.2 Å². The topological polar surface area (TPSA) is 55.2 Å². The van der Waals surface area contributed by atoms with E-state index in [9.17, 15) is 10.1 Å². The van der Waals surface area contributed by atoms with Crippen LogP contribution in [0.1, 0.15) is 26.7 Å². The molecule has 1 aromatic carbocycles. The maximum Gasteiger partial charge on any atom is 0.271 e. The third-order valence-electron chi connectivity index (χ3n) is 3.22. The molecular weight excluding hydrogens is 240 g/mol. The lowest BCUT2D eigenvalue weighted by Gasteiger charge is -2.28. The Balaban J connectivity index is 2.19. The summed E-state index contributed by atoms with van der Waals surface area (Å²) >= 11 is 6.04. The summed E-state index contributed by atoms with van der Waals surface area (Å²) in [6.07, 6.45) is 2.45. The molecule has 1 aliphatic rings. The molecule has 1 aromatic rings. The molecule has 1 fully saturated rings. The minimum absolute atomic E-state index is 0.0141. The second kappa shape index (κ2) is 4.18. The number of halogens is 1. The van der Waals surface area contributed by atoms with Gasteiger partial charge in [0.1, 0.15) is 0 Å². The summed E-state index contributed by atoms with van der Waals surface area (Å²) in [5, 5.41) is 14.4. The molecule has 4 nitrogen and oxygen atoms in total. The zero-order valence-electron chi connectivity index (χ0n) is 9.87. The van der Waals surface area contributed by atoms with Gasteiger partial charge in [0.15, 0.2) is 0 Å². The van der Waals surface area contributed by atoms with Gasteiger partial charge < -0.3 is 5.32 Å². The standard InChI is InChI=1S/C12H15ClN2O2/c1-12(2,8-3-4-8)14-11-6-5-9(15(16)17)7-10(11)13/h5-8,14H,3-4H2,1-2H3. The predicted octanol–water partition coefficient (Wildman–Crippen LogP) is 3.85. The summed E-state index contributed by atoms with van der Waals surface area (Å²) in [7, 11) is 0. The fourth-order valence-electron chi connectivity index (χ4n) is 1.97. The van der Waals surface area contributed by atoms with Crippen LogP contribution < -0.4 is 5.32 Å². The van der Waals surface area contributed by atoms with Gasteiger partial charge in [-0.25, -0.2) is 0 Å². The second-order valence-corrected chi connectivity index (χ2v) is 5.45. The van der Waals surface area contributed by atoms with E-state index in [2.05, 4.69) is 19.2 Å². The summed E-state index contributed by atoms with van der Waals surface area (Å²) in [5.74, 6) is 0.661. The molecule has 1 N–H and O–H groups in total. The van der Waals surface area contributed by atoms with Crippen LogP contribution in [0.2, 0.25) is 5.02 Å². The number of anilines is 1. The van der Waals surface area contributed by atoms with Crippen molar-refractivity contribution < 1.29 is 4.92 Å². The molecule has 0 radical (unpaired) electrons. The maximum atomic E-state index is 10.6. The molecule has 0 heterocycles. The fourth-order valence-corrected chi connectivity index (χ4v) is 2.20. The highest BCUT2D eigenvalue weighted by atomic mass is 35.5. The number of nitro groups is 1. The summed E-state index contributed by atoms with van der Waals surface area (Å²) in [4.78, 5) is 10.2. The highest BCUT2D eigenvalue weighted by Crippen LogP contribution is 2.42. The van der Waals surface area contributed by atoms with Gasteiger partial charge in [-0.3, -0.25) is 10.1 Å². The third kappa shape index (κ3) is 2.69. The van der Waals surface area contributed by atoms with E-state index in [1.54, 1.807) is 6.07 Å². The summed E-state index contributed by atoms with van der Waals surface area (Å²) in [6.45, 7) is 4.25. The quantitative estimate of drug-likeness (QED) is 0.656. The van der Waals surface area contributed by atoms with Crippen LogP contribution in [0.15, 0.2) is 18.2 Å². The van der Waals surface area contributed by atoms with Gasteiger partial charge in [-0.05, 0) is 38.7 Å². The van der Waals surface area contributed by atoms with Gasteiger partial charge in [0.05, 0.1) is 15.6 Å². The molecule has 17 heavy (non-hydrogen) atoms.